The van der Waals surface area contributed by atoms with Crippen molar-refractivity contribution >= 4 is 0 Å². The van der Waals surface area contributed by atoms with E-state index in [1.165, 1.54) is 36.9 Å². The molecule has 1 heterocycles. The fourth-order valence-corrected chi connectivity index (χ4v) is 3.37. The van der Waals surface area contributed by atoms with Gasteiger partial charge in [0.15, 0.2) is 11.5 Å². The van der Waals surface area contributed by atoms with Crippen LogP contribution in [0.4, 0.5) is 0 Å². The van der Waals surface area contributed by atoms with Crippen LogP contribution in [0, 0.1) is 5.92 Å². The first kappa shape index (κ1) is 11.8. The largest absolute Gasteiger partial charge is 0.493 e. The number of ether oxygens (including phenoxy) is 2. The van der Waals surface area contributed by atoms with Crippen molar-refractivity contribution in [3.8, 4) is 11.5 Å². The summed E-state index contributed by atoms with van der Waals surface area (Å²) in [5.41, 5.74) is 2.86. The van der Waals surface area contributed by atoms with Crippen LogP contribution in [0.3, 0.4) is 0 Å². The fraction of sp³-hybridized carbons (Fsp3) is 0.600. The predicted molar refractivity (Wildman–Crippen MR) is 71.5 cm³/mol. The van der Waals surface area contributed by atoms with Crippen molar-refractivity contribution in [2.45, 2.75) is 31.7 Å². The van der Waals surface area contributed by atoms with Crippen LogP contribution >= 0.6 is 0 Å². The highest BCUT2D eigenvalue weighted by atomic mass is 16.5. The number of hydrogen-bond acceptors (Lipinski definition) is 3. The quantitative estimate of drug-likeness (QED) is 0.869. The van der Waals surface area contributed by atoms with E-state index in [0.717, 1.165) is 23.8 Å². The molecule has 0 radical (unpaired) electrons. The van der Waals surface area contributed by atoms with Gasteiger partial charge in [-0.25, -0.2) is 0 Å². The molecule has 1 saturated heterocycles. The van der Waals surface area contributed by atoms with E-state index in [1.807, 2.05) is 0 Å². The van der Waals surface area contributed by atoms with Gasteiger partial charge in [-0.15, -0.1) is 0 Å². The lowest BCUT2D eigenvalue weighted by atomic mass is 9.76. The monoisotopic (exact) mass is 247 g/mol. The second kappa shape index (κ2) is 4.81. The van der Waals surface area contributed by atoms with Crippen molar-refractivity contribution in [2.75, 3.05) is 20.8 Å². The first-order valence-electron chi connectivity index (χ1n) is 6.79. The minimum Gasteiger partial charge on any atom is -0.493 e. The fourth-order valence-electron chi connectivity index (χ4n) is 3.37. The van der Waals surface area contributed by atoms with E-state index in [2.05, 4.69) is 17.4 Å². The zero-order valence-corrected chi connectivity index (χ0v) is 11.2. The summed E-state index contributed by atoms with van der Waals surface area (Å²) in [7, 11) is 3.41. The van der Waals surface area contributed by atoms with Gasteiger partial charge in [-0.05, 0) is 61.4 Å². The number of nitrogens with one attached hydrogen (secondary N) is 1. The van der Waals surface area contributed by atoms with E-state index in [-0.39, 0.29) is 0 Å². The van der Waals surface area contributed by atoms with Crippen LogP contribution in [-0.2, 0) is 12.8 Å². The summed E-state index contributed by atoms with van der Waals surface area (Å²) in [4.78, 5) is 0. The maximum atomic E-state index is 5.40. The average molecular weight is 247 g/mol. The van der Waals surface area contributed by atoms with Crippen molar-refractivity contribution in [2.24, 2.45) is 5.92 Å². The van der Waals surface area contributed by atoms with Crippen molar-refractivity contribution in [1.82, 2.24) is 5.32 Å². The number of benzene rings is 1. The number of rotatable bonds is 2. The lowest BCUT2D eigenvalue weighted by Crippen LogP contribution is -2.45. The third-order valence-electron chi connectivity index (χ3n) is 4.35. The van der Waals surface area contributed by atoms with Crippen molar-refractivity contribution in [3.63, 3.8) is 0 Å². The molecule has 0 spiro atoms. The highest BCUT2D eigenvalue weighted by Gasteiger charge is 2.31. The molecule has 0 unspecified atom stereocenters. The highest BCUT2D eigenvalue weighted by molar-refractivity contribution is 5.48. The molecule has 1 aromatic carbocycles. The van der Waals surface area contributed by atoms with Gasteiger partial charge < -0.3 is 14.8 Å². The van der Waals surface area contributed by atoms with E-state index in [4.69, 9.17) is 9.47 Å². The Morgan fingerprint density at radius 1 is 1.06 bits per heavy atom. The van der Waals surface area contributed by atoms with Gasteiger partial charge in [-0.1, -0.05) is 0 Å². The van der Waals surface area contributed by atoms with Gasteiger partial charge in [0.05, 0.1) is 14.2 Å². The maximum absolute atomic E-state index is 5.40. The van der Waals surface area contributed by atoms with Gasteiger partial charge >= 0.3 is 0 Å². The first-order valence-corrected chi connectivity index (χ1v) is 6.79. The van der Waals surface area contributed by atoms with Gasteiger partial charge in [0.2, 0.25) is 0 Å². The Bertz CT molecular complexity index is 403. The molecular formula is C15H21NO2. The van der Waals surface area contributed by atoms with E-state index < -0.39 is 0 Å². The summed E-state index contributed by atoms with van der Waals surface area (Å²) in [5.74, 6) is 2.51. The zero-order valence-electron chi connectivity index (χ0n) is 11.2. The third-order valence-corrected chi connectivity index (χ3v) is 4.35. The summed E-state index contributed by atoms with van der Waals surface area (Å²) in [6, 6.07) is 4.98. The Labute approximate surface area is 108 Å². The van der Waals surface area contributed by atoms with E-state index in [0.29, 0.717) is 6.04 Å². The molecule has 1 aromatic rings. The molecule has 3 heteroatoms. The van der Waals surface area contributed by atoms with Crippen molar-refractivity contribution in [1.29, 1.82) is 0 Å². The molecule has 1 N–H and O–H groups in total. The first-order chi connectivity index (χ1) is 8.81. The van der Waals surface area contributed by atoms with Crippen LogP contribution in [0.5, 0.6) is 11.5 Å². The molecule has 0 bridgehead atoms. The zero-order chi connectivity index (χ0) is 12.5. The van der Waals surface area contributed by atoms with E-state index in [9.17, 15) is 0 Å². The Hall–Kier alpha value is -1.22. The van der Waals surface area contributed by atoms with Crippen LogP contribution in [0.1, 0.15) is 24.0 Å². The van der Waals surface area contributed by atoms with Crippen LogP contribution in [0.25, 0.3) is 0 Å². The molecule has 0 saturated carbocycles. The SMILES string of the molecule is COc1cc2c(cc1OC)C[C@H]1NCCC[C@@H]1C2. The van der Waals surface area contributed by atoms with Crippen LogP contribution in [-0.4, -0.2) is 26.8 Å². The molecule has 1 aliphatic heterocycles. The van der Waals surface area contributed by atoms with Gasteiger partial charge in [-0.2, -0.15) is 0 Å². The van der Waals surface area contributed by atoms with Gasteiger partial charge in [0.1, 0.15) is 0 Å². The summed E-state index contributed by atoms with van der Waals surface area (Å²) in [6.45, 7) is 1.17. The lowest BCUT2D eigenvalue weighted by Gasteiger charge is -2.37. The van der Waals surface area contributed by atoms with E-state index >= 15 is 0 Å². The predicted octanol–water partition coefficient (Wildman–Crippen LogP) is 2.17. The molecular weight excluding hydrogens is 226 g/mol. The minimum atomic E-state index is 0.657. The standard InChI is InChI=1S/C15H21NO2/c1-17-14-8-11-6-10-4-3-5-16-13(10)7-12(11)9-15(14)18-2/h8-10,13,16H,3-7H2,1-2H3/t10-,13-/m1/s1. The molecule has 3 nitrogen and oxygen atoms in total. The summed E-state index contributed by atoms with van der Waals surface area (Å²) < 4.78 is 10.8. The van der Waals surface area contributed by atoms with Gasteiger partial charge in [0.25, 0.3) is 0 Å². The molecule has 18 heavy (non-hydrogen) atoms. The topological polar surface area (TPSA) is 30.5 Å². The molecule has 2 aliphatic rings. The Morgan fingerprint density at radius 2 is 1.72 bits per heavy atom. The number of fused-ring (bicyclic) bond motifs is 2. The van der Waals surface area contributed by atoms with Crippen molar-refractivity contribution < 1.29 is 9.47 Å². The Balaban J connectivity index is 1.94. The van der Waals surface area contributed by atoms with Crippen molar-refractivity contribution in [3.05, 3.63) is 23.3 Å². The van der Waals surface area contributed by atoms with E-state index in [1.54, 1.807) is 14.2 Å². The summed E-state index contributed by atoms with van der Waals surface area (Å²) in [6.07, 6.45) is 4.96. The second-order valence-electron chi connectivity index (χ2n) is 5.35. The molecule has 1 aliphatic carbocycles. The maximum Gasteiger partial charge on any atom is 0.161 e. The van der Waals surface area contributed by atoms with Crippen LogP contribution < -0.4 is 14.8 Å². The molecule has 98 valence electrons. The Morgan fingerprint density at radius 3 is 2.39 bits per heavy atom. The number of methoxy groups -OCH3 is 2. The highest BCUT2D eigenvalue weighted by Crippen LogP contribution is 2.37. The van der Waals surface area contributed by atoms with Crippen LogP contribution in [0.15, 0.2) is 12.1 Å². The molecule has 1 fully saturated rings. The summed E-state index contributed by atoms with van der Waals surface area (Å²) >= 11 is 0. The minimum absolute atomic E-state index is 0.657. The van der Waals surface area contributed by atoms with Gasteiger partial charge in [-0.3, -0.25) is 0 Å². The molecule has 0 aromatic heterocycles. The molecule has 2 atom stereocenters. The second-order valence-corrected chi connectivity index (χ2v) is 5.35. The van der Waals surface area contributed by atoms with Gasteiger partial charge in [0, 0.05) is 6.04 Å². The smallest absolute Gasteiger partial charge is 0.161 e. The molecule has 3 rings (SSSR count). The molecule has 0 amide bonds. The number of piperidine rings is 1. The van der Waals surface area contributed by atoms with Crippen LogP contribution in [0.2, 0.25) is 0 Å². The normalized spacial score (nSPS) is 26.1. The lowest BCUT2D eigenvalue weighted by molar-refractivity contribution is 0.262. The summed E-state index contributed by atoms with van der Waals surface area (Å²) in [5, 5.41) is 3.66. The third kappa shape index (κ3) is 1.97. The average Bonchev–Trinajstić information content (AvgIpc) is 2.43. The Kier molecular flexibility index (Phi) is 3.16. The number of hydrogen-bond donors (Lipinski definition) is 1.